The van der Waals surface area contributed by atoms with Crippen molar-refractivity contribution in [1.82, 2.24) is 5.32 Å². The Bertz CT molecular complexity index is 423. The van der Waals surface area contributed by atoms with E-state index in [1.54, 1.807) is 0 Å². The molecule has 0 spiro atoms. The second kappa shape index (κ2) is 4.93. The van der Waals surface area contributed by atoms with Crippen molar-refractivity contribution < 1.29 is 0 Å². The average molecular weight is 246 g/mol. The predicted octanol–water partition coefficient (Wildman–Crippen LogP) is 3.27. The summed E-state index contributed by atoms with van der Waals surface area (Å²) in [5.41, 5.74) is 4.34. The number of benzene rings is 1. The fourth-order valence-corrected chi connectivity index (χ4v) is 2.89. The number of nitrogens with one attached hydrogen (secondary N) is 1. The standard InChI is InChI=1S/C16H26N2/c1-6-14-10-17-16(4,5)11-18(14)15-8-7-12(2)9-13(15)3/h7-9,14,17H,6,10-11H2,1-5H3. The summed E-state index contributed by atoms with van der Waals surface area (Å²) in [4.78, 5) is 2.59. The molecule has 1 atom stereocenters. The molecule has 1 heterocycles. The lowest BCUT2D eigenvalue weighted by Gasteiger charge is -2.46. The van der Waals surface area contributed by atoms with E-state index in [0.717, 1.165) is 13.1 Å². The first-order valence-electron chi connectivity index (χ1n) is 7.02. The lowest BCUT2D eigenvalue weighted by molar-refractivity contribution is 0.306. The second-order valence-electron chi connectivity index (χ2n) is 6.24. The molecule has 2 nitrogen and oxygen atoms in total. The van der Waals surface area contributed by atoms with Crippen LogP contribution >= 0.6 is 0 Å². The average Bonchev–Trinajstić information content (AvgIpc) is 2.28. The number of piperazine rings is 1. The van der Waals surface area contributed by atoms with Crippen LogP contribution < -0.4 is 10.2 Å². The molecule has 0 amide bonds. The summed E-state index contributed by atoms with van der Waals surface area (Å²) in [5, 5.41) is 3.65. The van der Waals surface area contributed by atoms with Crippen LogP contribution in [0.4, 0.5) is 5.69 Å². The number of aryl methyl sites for hydroxylation is 2. The summed E-state index contributed by atoms with van der Waals surface area (Å²) in [6.07, 6.45) is 1.19. The Morgan fingerprint density at radius 3 is 2.67 bits per heavy atom. The van der Waals surface area contributed by atoms with Gasteiger partial charge >= 0.3 is 0 Å². The number of nitrogens with zero attached hydrogens (tertiary/aromatic N) is 1. The highest BCUT2D eigenvalue weighted by atomic mass is 15.3. The number of rotatable bonds is 2. The van der Waals surface area contributed by atoms with E-state index in [0.29, 0.717) is 6.04 Å². The van der Waals surface area contributed by atoms with E-state index in [2.05, 4.69) is 63.0 Å². The molecule has 0 bridgehead atoms. The van der Waals surface area contributed by atoms with Gasteiger partial charge in [0.25, 0.3) is 0 Å². The molecule has 1 aromatic carbocycles. The molecule has 0 aromatic heterocycles. The molecule has 0 radical (unpaired) electrons. The first-order chi connectivity index (χ1) is 8.43. The van der Waals surface area contributed by atoms with Gasteiger partial charge in [-0.05, 0) is 45.7 Å². The Morgan fingerprint density at radius 2 is 2.06 bits per heavy atom. The fourth-order valence-electron chi connectivity index (χ4n) is 2.89. The molecule has 18 heavy (non-hydrogen) atoms. The zero-order valence-corrected chi connectivity index (χ0v) is 12.4. The van der Waals surface area contributed by atoms with Crippen LogP contribution in [0, 0.1) is 13.8 Å². The first kappa shape index (κ1) is 13.4. The van der Waals surface area contributed by atoms with Gasteiger partial charge in [-0.15, -0.1) is 0 Å². The van der Waals surface area contributed by atoms with Gasteiger partial charge in [0.2, 0.25) is 0 Å². The van der Waals surface area contributed by atoms with Gasteiger partial charge in [-0.25, -0.2) is 0 Å². The minimum absolute atomic E-state index is 0.197. The molecule has 0 aliphatic carbocycles. The molecule has 2 rings (SSSR count). The van der Waals surface area contributed by atoms with Crippen LogP contribution in [0.2, 0.25) is 0 Å². The second-order valence-corrected chi connectivity index (χ2v) is 6.24. The van der Waals surface area contributed by atoms with Crippen LogP contribution in [0.15, 0.2) is 18.2 Å². The minimum Gasteiger partial charge on any atom is -0.365 e. The molecule has 1 aliphatic rings. The molecular weight excluding hydrogens is 220 g/mol. The van der Waals surface area contributed by atoms with Crippen LogP contribution in [0.3, 0.4) is 0 Å². The highest BCUT2D eigenvalue weighted by Gasteiger charge is 2.32. The van der Waals surface area contributed by atoms with E-state index in [1.807, 2.05) is 0 Å². The maximum Gasteiger partial charge on any atom is 0.0413 e. The van der Waals surface area contributed by atoms with E-state index >= 15 is 0 Å². The van der Waals surface area contributed by atoms with Gasteiger partial charge in [-0.3, -0.25) is 0 Å². The van der Waals surface area contributed by atoms with Crippen molar-refractivity contribution in [2.75, 3.05) is 18.0 Å². The summed E-state index contributed by atoms with van der Waals surface area (Å²) < 4.78 is 0. The maximum atomic E-state index is 3.65. The molecule has 1 saturated heterocycles. The van der Waals surface area contributed by atoms with E-state index in [-0.39, 0.29) is 5.54 Å². The van der Waals surface area contributed by atoms with Gasteiger partial charge in [0.15, 0.2) is 0 Å². The smallest absolute Gasteiger partial charge is 0.0413 e. The zero-order chi connectivity index (χ0) is 13.3. The molecular formula is C16H26N2. The van der Waals surface area contributed by atoms with Gasteiger partial charge in [0, 0.05) is 30.4 Å². The fraction of sp³-hybridized carbons (Fsp3) is 0.625. The lowest BCUT2D eigenvalue weighted by Crippen LogP contribution is -2.61. The largest absolute Gasteiger partial charge is 0.365 e. The molecule has 1 aromatic rings. The summed E-state index contributed by atoms with van der Waals surface area (Å²) in [6.45, 7) is 13.4. The Morgan fingerprint density at radius 1 is 1.33 bits per heavy atom. The van der Waals surface area contributed by atoms with Gasteiger partial charge in [-0.2, -0.15) is 0 Å². The van der Waals surface area contributed by atoms with Gasteiger partial charge in [0.05, 0.1) is 0 Å². The summed E-state index contributed by atoms with van der Waals surface area (Å²) in [7, 11) is 0. The van der Waals surface area contributed by atoms with E-state index in [1.165, 1.54) is 23.2 Å². The number of anilines is 1. The van der Waals surface area contributed by atoms with Crippen molar-refractivity contribution in [3.05, 3.63) is 29.3 Å². The Labute approximate surface area is 111 Å². The molecule has 1 unspecified atom stereocenters. The topological polar surface area (TPSA) is 15.3 Å². The van der Waals surface area contributed by atoms with Crippen molar-refractivity contribution in [3.8, 4) is 0 Å². The third-order valence-corrected chi connectivity index (χ3v) is 3.96. The van der Waals surface area contributed by atoms with Gasteiger partial charge in [-0.1, -0.05) is 24.6 Å². The number of hydrogen-bond donors (Lipinski definition) is 1. The van der Waals surface area contributed by atoms with Crippen LogP contribution in [-0.4, -0.2) is 24.7 Å². The third kappa shape index (κ3) is 2.69. The Balaban J connectivity index is 2.32. The Kier molecular flexibility index (Phi) is 3.67. The summed E-state index contributed by atoms with van der Waals surface area (Å²) in [6, 6.07) is 7.41. The van der Waals surface area contributed by atoms with Crippen LogP contribution in [-0.2, 0) is 0 Å². The van der Waals surface area contributed by atoms with Crippen molar-refractivity contribution in [2.24, 2.45) is 0 Å². The van der Waals surface area contributed by atoms with Gasteiger partial charge in [0.1, 0.15) is 0 Å². The lowest BCUT2D eigenvalue weighted by atomic mass is 9.95. The van der Waals surface area contributed by atoms with Crippen molar-refractivity contribution in [1.29, 1.82) is 0 Å². The quantitative estimate of drug-likeness (QED) is 0.861. The SMILES string of the molecule is CCC1CNC(C)(C)CN1c1ccc(C)cc1C. The van der Waals surface area contributed by atoms with Crippen LogP contribution in [0.5, 0.6) is 0 Å². The monoisotopic (exact) mass is 246 g/mol. The molecule has 1 N–H and O–H groups in total. The molecule has 0 saturated carbocycles. The normalized spacial score (nSPS) is 23.2. The molecule has 2 heteroatoms. The first-order valence-corrected chi connectivity index (χ1v) is 7.02. The van der Waals surface area contributed by atoms with Crippen LogP contribution in [0.1, 0.15) is 38.3 Å². The molecule has 100 valence electrons. The van der Waals surface area contributed by atoms with E-state index in [9.17, 15) is 0 Å². The highest BCUT2D eigenvalue weighted by Crippen LogP contribution is 2.28. The molecule has 1 fully saturated rings. The highest BCUT2D eigenvalue weighted by molar-refractivity contribution is 5.56. The number of hydrogen-bond acceptors (Lipinski definition) is 2. The van der Waals surface area contributed by atoms with Crippen molar-refractivity contribution in [3.63, 3.8) is 0 Å². The van der Waals surface area contributed by atoms with Crippen LogP contribution in [0.25, 0.3) is 0 Å². The van der Waals surface area contributed by atoms with E-state index < -0.39 is 0 Å². The summed E-state index contributed by atoms with van der Waals surface area (Å²) in [5.74, 6) is 0. The third-order valence-electron chi connectivity index (χ3n) is 3.96. The maximum absolute atomic E-state index is 3.65. The molecule has 1 aliphatic heterocycles. The minimum atomic E-state index is 0.197. The van der Waals surface area contributed by atoms with Gasteiger partial charge < -0.3 is 10.2 Å². The Hall–Kier alpha value is -1.02. The summed E-state index contributed by atoms with van der Waals surface area (Å²) >= 11 is 0. The predicted molar refractivity (Wildman–Crippen MR) is 79.4 cm³/mol. The zero-order valence-electron chi connectivity index (χ0n) is 12.4. The van der Waals surface area contributed by atoms with Crippen molar-refractivity contribution in [2.45, 2.75) is 52.6 Å². The van der Waals surface area contributed by atoms with E-state index in [4.69, 9.17) is 0 Å². The van der Waals surface area contributed by atoms with Crippen molar-refractivity contribution >= 4 is 5.69 Å².